The Morgan fingerprint density at radius 1 is 1.31 bits per heavy atom. The van der Waals surface area contributed by atoms with Crippen LogP contribution in [0.15, 0.2) is 18.2 Å². The van der Waals surface area contributed by atoms with E-state index < -0.39 is 11.8 Å². The highest BCUT2D eigenvalue weighted by Crippen LogP contribution is 2.25. The number of nitrogens with zero attached hydrogens (tertiary/aromatic N) is 1. The molecule has 2 aromatic rings. The van der Waals surface area contributed by atoms with E-state index in [1.54, 1.807) is 0 Å². The average molecular weight is 260 g/mol. The van der Waals surface area contributed by atoms with Crippen LogP contribution in [0.4, 0.5) is 4.39 Å². The number of aromatic nitrogens is 1. The molecule has 0 aliphatic rings. The smallest absolute Gasteiger partial charge is 0.338 e. The fourth-order valence-electron chi connectivity index (χ4n) is 1.34. The van der Waals surface area contributed by atoms with E-state index in [1.165, 1.54) is 12.1 Å². The van der Waals surface area contributed by atoms with Crippen LogP contribution < -0.4 is 0 Å². The maximum atomic E-state index is 13.4. The molecule has 0 spiro atoms. The van der Waals surface area contributed by atoms with Crippen molar-refractivity contribution in [2.24, 2.45) is 0 Å². The molecule has 0 bridgehead atoms. The summed E-state index contributed by atoms with van der Waals surface area (Å²) in [5.41, 5.74) is -0.185. The zero-order valence-corrected chi connectivity index (χ0v) is 9.18. The van der Waals surface area contributed by atoms with Crippen molar-refractivity contribution in [3.8, 4) is 0 Å². The van der Waals surface area contributed by atoms with Crippen LogP contribution in [-0.4, -0.2) is 16.1 Å². The maximum Gasteiger partial charge on any atom is 0.338 e. The molecule has 0 radical (unpaired) electrons. The van der Waals surface area contributed by atoms with Crippen molar-refractivity contribution in [3.05, 3.63) is 39.8 Å². The van der Waals surface area contributed by atoms with Crippen molar-refractivity contribution in [3.63, 3.8) is 0 Å². The van der Waals surface area contributed by atoms with E-state index in [-0.39, 0.29) is 21.3 Å². The number of hydrogen-bond donors (Lipinski definition) is 1. The molecule has 0 fully saturated rings. The number of rotatable bonds is 1. The second kappa shape index (κ2) is 3.88. The fourth-order valence-corrected chi connectivity index (χ4v) is 1.77. The Morgan fingerprint density at radius 2 is 2.00 bits per heavy atom. The van der Waals surface area contributed by atoms with Crippen LogP contribution in [0.3, 0.4) is 0 Å². The molecular formula is C10H4Cl2FNO2. The van der Waals surface area contributed by atoms with Gasteiger partial charge in [0.25, 0.3) is 0 Å². The molecule has 0 amide bonds. The lowest BCUT2D eigenvalue weighted by Crippen LogP contribution is -2.00. The highest BCUT2D eigenvalue weighted by Gasteiger charge is 2.14. The second-order valence-corrected chi connectivity index (χ2v) is 3.89. The summed E-state index contributed by atoms with van der Waals surface area (Å²) < 4.78 is 13.4. The third kappa shape index (κ3) is 1.81. The summed E-state index contributed by atoms with van der Waals surface area (Å²) in [6.45, 7) is 0. The van der Waals surface area contributed by atoms with E-state index in [0.29, 0.717) is 5.39 Å². The van der Waals surface area contributed by atoms with E-state index in [9.17, 15) is 9.18 Å². The standard InChI is InChI=1S/C10H4Cl2FNO2/c11-5-1-4-2-6(10(15)16)9(12)14-8(4)7(13)3-5/h1-3H,(H,15,16). The molecule has 0 aliphatic heterocycles. The first kappa shape index (κ1) is 11.1. The summed E-state index contributed by atoms with van der Waals surface area (Å²) in [6, 6.07) is 3.76. The predicted molar refractivity (Wildman–Crippen MR) is 58.7 cm³/mol. The number of aromatic carboxylic acids is 1. The quantitative estimate of drug-likeness (QED) is 0.799. The Labute approximate surface area is 99.4 Å². The van der Waals surface area contributed by atoms with E-state index in [1.807, 2.05) is 0 Å². The maximum absolute atomic E-state index is 13.4. The van der Waals surface area contributed by atoms with Gasteiger partial charge in [-0.05, 0) is 18.2 Å². The van der Waals surface area contributed by atoms with E-state index in [2.05, 4.69) is 4.98 Å². The van der Waals surface area contributed by atoms with Gasteiger partial charge in [0.1, 0.15) is 10.7 Å². The zero-order chi connectivity index (χ0) is 11.9. The Bertz CT molecular complexity index is 601. The predicted octanol–water partition coefficient (Wildman–Crippen LogP) is 3.38. The van der Waals surface area contributed by atoms with Crippen LogP contribution in [0.5, 0.6) is 0 Å². The summed E-state index contributed by atoms with van der Waals surface area (Å²) in [7, 11) is 0. The molecular weight excluding hydrogens is 256 g/mol. The number of carboxylic acid groups (broad SMARTS) is 1. The molecule has 1 aromatic carbocycles. The van der Waals surface area contributed by atoms with E-state index in [4.69, 9.17) is 28.3 Å². The third-order valence-corrected chi connectivity index (χ3v) is 2.53. The Balaban J connectivity index is 2.84. The van der Waals surface area contributed by atoms with Gasteiger partial charge in [-0.15, -0.1) is 0 Å². The van der Waals surface area contributed by atoms with E-state index >= 15 is 0 Å². The molecule has 0 saturated heterocycles. The lowest BCUT2D eigenvalue weighted by molar-refractivity contribution is 0.0697. The van der Waals surface area contributed by atoms with Gasteiger partial charge in [-0.2, -0.15) is 0 Å². The summed E-state index contributed by atoms with van der Waals surface area (Å²) in [5.74, 6) is -1.86. The summed E-state index contributed by atoms with van der Waals surface area (Å²) in [5, 5.41) is 9.03. The van der Waals surface area contributed by atoms with Crippen LogP contribution in [0.1, 0.15) is 10.4 Å². The first-order valence-corrected chi connectivity index (χ1v) is 4.93. The highest BCUT2D eigenvalue weighted by molar-refractivity contribution is 6.33. The minimum atomic E-state index is -1.22. The molecule has 1 aromatic heterocycles. The van der Waals surface area contributed by atoms with Crippen molar-refractivity contribution >= 4 is 40.1 Å². The van der Waals surface area contributed by atoms with Gasteiger partial charge >= 0.3 is 5.97 Å². The van der Waals surface area contributed by atoms with Gasteiger partial charge in [-0.1, -0.05) is 23.2 Å². The molecule has 3 nitrogen and oxygen atoms in total. The first-order chi connectivity index (χ1) is 7.49. The number of hydrogen-bond acceptors (Lipinski definition) is 2. The molecule has 0 saturated carbocycles. The number of benzene rings is 1. The van der Waals surface area contributed by atoms with Crippen LogP contribution >= 0.6 is 23.2 Å². The second-order valence-electron chi connectivity index (χ2n) is 3.09. The van der Waals surface area contributed by atoms with Crippen molar-refractivity contribution in [2.45, 2.75) is 0 Å². The Kier molecular flexibility index (Phi) is 2.69. The summed E-state index contributed by atoms with van der Waals surface area (Å²) in [6.07, 6.45) is 0. The van der Waals surface area contributed by atoms with Gasteiger partial charge in [0, 0.05) is 10.4 Å². The van der Waals surface area contributed by atoms with Gasteiger partial charge < -0.3 is 5.11 Å². The fraction of sp³-hybridized carbons (Fsp3) is 0. The van der Waals surface area contributed by atoms with Gasteiger partial charge in [0.2, 0.25) is 0 Å². The van der Waals surface area contributed by atoms with Crippen LogP contribution in [0.2, 0.25) is 10.2 Å². The van der Waals surface area contributed by atoms with Crippen molar-refractivity contribution in [2.75, 3.05) is 0 Å². The number of halogens is 3. The van der Waals surface area contributed by atoms with Crippen molar-refractivity contribution < 1.29 is 14.3 Å². The SMILES string of the molecule is O=C(O)c1cc2cc(Cl)cc(F)c2nc1Cl. The van der Waals surface area contributed by atoms with Gasteiger partial charge in [-0.25, -0.2) is 14.2 Å². The molecule has 0 aliphatic carbocycles. The molecule has 82 valence electrons. The van der Waals surface area contributed by atoms with E-state index in [0.717, 1.165) is 6.07 Å². The lowest BCUT2D eigenvalue weighted by Gasteiger charge is -2.03. The van der Waals surface area contributed by atoms with Crippen LogP contribution in [0, 0.1) is 5.82 Å². The Morgan fingerprint density at radius 3 is 2.62 bits per heavy atom. The van der Waals surface area contributed by atoms with Gasteiger partial charge in [-0.3, -0.25) is 0 Å². The number of pyridine rings is 1. The van der Waals surface area contributed by atoms with Crippen molar-refractivity contribution in [1.82, 2.24) is 4.98 Å². The molecule has 1 heterocycles. The number of carboxylic acids is 1. The molecule has 6 heteroatoms. The minimum absolute atomic E-state index is 0.000556. The molecule has 0 atom stereocenters. The van der Waals surface area contributed by atoms with Gasteiger partial charge in [0.05, 0.1) is 5.56 Å². The topological polar surface area (TPSA) is 50.2 Å². The Hall–Kier alpha value is -1.39. The number of carbonyl (C=O) groups is 1. The normalized spacial score (nSPS) is 10.7. The first-order valence-electron chi connectivity index (χ1n) is 4.17. The zero-order valence-electron chi connectivity index (χ0n) is 7.67. The monoisotopic (exact) mass is 259 g/mol. The third-order valence-electron chi connectivity index (χ3n) is 2.02. The van der Waals surface area contributed by atoms with Crippen LogP contribution in [-0.2, 0) is 0 Å². The van der Waals surface area contributed by atoms with Crippen LogP contribution in [0.25, 0.3) is 10.9 Å². The van der Waals surface area contributed by atoms with Gasteiger partial charge in [0.15, 0.2) is 5.82 Å². The minimum Gasteiger partial charge on any atom is -0.478 e. The lowest BCUT2D eigenvalue weighted by atomic mass is 10.1. The molecule has 2 rings (SSSR count). The molecule has 1 N–H and O–H groups in total. The summed E-state index contributed by atoms with van der Waals surface area (Å²) in [4.78, 5) is 14.5. The number of fused-ring (bicyclic) bond motifs is 1. The molecule has 16 heavy (non-hydrogen) atoms. The van der Waals surface area contributed by atoms with Crippen molar-refractivity contribution in [1.29, 1.82) is 0 Å². The average Bonchev–Trinajstić information content (AvgIpc) is 2.18. The summed E-state index contributed by atoms with van der Waals surface area (Å²) >= 11 is 11.3. The highest BCUT2D eigenvalue weighted by atomic mass is 35.5. The largest absolute Gasteiger partial charge is 0.478 e. The molecule has 0 unspecified atom stereocenters.